The van der Waals surface area contributed by atoms with E-state index in [0.717, 1.165) is 5.56 Å². The number of carbonyl (C=O) groups excluding carboxylic acids is 2. The summed E-state index contributed by atoms with van der Waals surface area (Å²) in [4.78, 5) is 24.2. The summed E-state index contributed by atoms with van der Waals surface area (Å²) in [7, 11) is -2.09. The van der Waals surface area contributed by atoms with E-state index < -0.39 is 21.9 Å². The quantitative estimate of drug-likeness (QED) is 0.636. The first-order valence-electron chi connectivity index (χ1n) is 8.93. The molecule has 0 saturated carbocycles. The number of sulfonamides is 1. The Morgan fingerprint density at radius 3 is 2.39 bits per heavy atom. The standard InChI is InChI=1S/C19H25N3O5S/c1-4-22(5-2)28(25,26)16-11-17(21(3)13-16)19(24)20-12-18(23)27-14-15-9-7-6-8-10-15/h6-11,13H,4-5,12,14H2,1-3H3,(H,20,24). The van der Waals surface area contributed by atoms with Gasteiger partial charge in [0.2, 0.25) is 10.0 Å². The van der Waals surface area contributed by atoms with Crippen molar-refractivity contribution in [1.82, 2.24) is 14.2 Å². The van der Waals surface area contributed by atoms with Crippen LogP contribution < -0.4 is 5.32 Å². The molecule has 0 radical (unpaired) electrons. The Balaban J connectivity index is 1.97. The van der Waals surface area contributed by atoms with Crippen molar-refractivity contribution < 1.29 is 22.7 Å². The summed E-state index contributed by atoms with van der Waals surface area (Å²) in [5, 5.41) is 2.46. The van der Waals surface area contributed by atoms with E-state index in [1.807, 2.05) is 30.3 Å². The van der Waals surface area contributed by atoms with Gasteiger partial charge in [0.1, 0.15) is 23.7 Å². The Labute approximate surface area is 165 Å². The molecule has 0 spiro atoms. The molecule has 0 saturated heterocycles. The Morgan fingerprint density at radius 2 is 1.79 bits per heavy atom. The Morgan fingerprint density at radius 1 is 1.14 bits per heavy atom. The van der Waals surface area contributed by atoms with E-state index >= 15 is 0 Å². The molecule has 0 aliphatic rings. The number of hydrogen-bond donors (Lipinski definition) is 1. The molecule has 0 aliphatic heterocycles. The molecular weight excluding hydrogens is 382 g/mol. The van der Waals surface area contributed by atoms with Crippen LogP contribution in [0.2, 0.25) is 0 Å². The second-order valence-corrected chi connectivity index (χ2v) is 8.03. The number of nitrogens with zero attached hydrogens (tertiary/aromatic N) is 2. The first kappa shape index (κ1) is 21.6. The van der Waals surface area contributed by atoms with Crippen molar-refractivity contribution in [2.75, 3.05) is 19.6 Å². The van der Waals surface area contributed by atoms with E-state index in [9.17, 15) is 18.0 Å². The average molecular weight is 407 g/mol. The van der Waals surface area contributed by atoms with E-state index in [1.54, 1.807) is 20.9 Å². The maximum Gasteiger partial charge on any atom is 0.325 e. The maximum atomic E-state index is 12.6. The summed E-state index contributed by atoms with van der Waals surface area (Å²) in [5.41, 5.74) is 0.984. The van der Waals surface area contributed by atoms with Gasteiger partial charge in [-0.3, -0.25) is 9.59 Å². The lowest BCUT2D eigenvalue weighted by molar-refractivity contribution is -0.143. The Hall–Kier alpha value is -2.65. The molecule has 1 amide bonds. The molecule has 1 aromatic heterocycles. The van der Waals surface area contributed by atoms with E-state index in [2.05, 4.69) is 5.32 Å². The molecule has 2 rings (SSSR count). The highest BCUT2D eigenvalue weighted by Gasteiger charge is 2.25. The van der Waals surface area contributed by atoms with Crippen molar-refractivity contribution in [3.05, 3.63) is 53.9 Å². The zero-order valence-corrected chi connectivity index (χ0v) is 17.0. The number of amides is 1. The number of aromatic nitrogens is 1. The summed E-state index contributed by atoms with van der Waals surface area (Å²) in [6.45, 7) is 3.98. The van der Waals surface area contributed by atoms with Crippen LogP contribution in [0.3, 0.4) is 0 Å². The molecule has 0 bridgehead atoms. The van der Waals surface area contributed by atoms with Crippen molar-refractivity contribution >= 4 is 21.9 Å². The lowest BCUT2D eigenvalue weighted by atomic mass is 10.2. The van der Waals surface area contributed by atoms with Gasteiger partial charge in [-0.2, -0.15) is 4.31 Å². The molecule has 0 aliphatic carbocycles. The maximum absolute atomic E-state index is 12.6. The van der Waals surface area contributed by atoms with Crippen LogP contribution in [0.4, 0.5) is 0 Å². The van der Waals surface area contributed by atoms with Gasteiger partial charge in [0.05, 0.1) is 0 Å². The van der Waals surface area contributed by atoms with Gasteiger partial charge in [0.15, 0.2) is 0 Å². The molecule has 0 unspecified atom stereocenters. The minimum Gasteiger partial charge on any atom is -0.460 e. The SMILES string of the molecule is CCN(CC)S(=O)(=O)c1cc(C(=O)NCC(=O)OCc2ccccc2)n(C)c1. The lowest BCUT2D eigenvalue weighted by Crippen LogP contribution is -2.31. The van der Waals surface area contributed by atoms with Gasteiger partial charge in [-0.15, -0.1) is 0 Å². The first-order valence-corrected chi connectivity index (χ1v) is 10.4. The zero-order chi connectivity index (χ0) is 20.7. The monoisotopic (exact) mass is 407 g/mol. The normalized spacial score (nSPS) is 11.4. The molecule has 9 heteroatoms. The predicted molar refractivity (Wildman–Crippen MR) is 104 cm³/mol. The molecule has 2 aromatic rings. The minimum atomic E-state index is -3.67. The van der Waals surface area contributed by atoms with E-state index in [0.29, 0.717) is 13.1 Å². The number of carbonyl (C=O) groups is 2. The topological polar surface area (TPSA) is 97.7 Å². The highest BCUT2D eigenvalue weighted by molar-refractivity contribution is 7.89. The molecule has 1 aromatic carbocycles. The van der Waals surface area contributed by atoms with Gasteiger partial charge in [-0.05, 0) is 11.6 Å². The van der Waals surface area contributed by atoms with Crippen LogP contribution in [-0.2, 0) is 33.2 Å². The fourth-order valence-corrected chi connectivity index (χ4v) is 4.18. The predicted octanol–water partition coefficient (Wildman–Crippen LogP) is 1.53. The van der Waals surface area contributed by atoms with Gasteiger partial charge in [-0.25, -0.2) is 8.42 Å². The summed E-state index contributed by atoms with van der Waals surface area (Å²) in [6.07, 6.45) is 1.39. The van der Waals surface area contributed by atoms with Crippen LogP contribution in [0.25, 0.3) is 0 Å². The Bertz CT molecular complexity index is 918. The smallest absolute Gasteiger partial charge is 0.325 e. The third kappa shape index (κ3) is 5.20. The van der Waals surface area contributed by atoms with Crippen molar-refractivity contribution in [3.8, 4) is 0 Å². The fourth-order valence-electron chi connectivity index (χ4n) is 2.65. The zero-order valence-electron chi connectivity index (χ0n) is 16.2. The van der Waals surface area contributed by atoms with E-state index in [4.69, 9.17) is 4.74 Å². The number of rotatable bonds is 9. The Kier molecular flexibility index (Phi) is 7.36. The number of ether oxygens (including phenoxy) is 1. The van der Waals surface area contributed by atoms with Gasteiger partial charge < -0.3 is 14.6 Å². The average Bonchev–Trinajstić information content (AvgIpc) is 3.08. The van der Waals surface area contributed by atoms with Crippen molar-refractivity contribution in [1.29, 1.82) is 0 Å². The minimum absolute atomic E-state index is 0.0375. The van der Waals surface area contributed by atoms with Crippen LogP contribution in [0.1, 0.15) is 29.9 Å². The van der Waals surface area contributed by atoms with Crippen LogP contribution in [-0.4, -0.2) is 48.8 Å². The lowest BCUT2D eigenvalue weighted by Gasteiger charge is -2.17. The third-order valence-corrected chi connectivity index (χ3v) is 6.21. The van der Waals surface area contributed by atoms with E-state index in [1.165, 1.54) is 21.1 Å². The van der Waals surface area contributed by atoms with Crippen LogP contribution in [0.5, 0.6) is 0 Å². The first-order chi connectivity index (χ1) is 13.3. The summed E-state index contributed by atoms with van der Waals surface area (Å²) in [6, 6.07) is 10.5. The third-order valence-electron chi connectivity index (χ3n) is 4.19. The van der Waals surface area contributed by atoms with Crippen LogP contribution in [0, 0.1) is 0 Å². The van der Waals surface area contributed by atoms with Crippen molar-refractivity contribution in [2.45, 2.75) is 25.3 Å². The number of aryl methyl sites for hydroxylation is 1. The van der Waals surface area contributed by atoms with Crippen LogP contribution in [0.15, 0.2) is 47.5 Å². The summed E-state index contributed by atoms with van der Waals surface area (Å²) >= 11 is 0. The number of nitrogens with one attached hydrogen (secondary N) is 1. The molecule has 0 atom stereocenters. The molecular formula is C19H25N3O5S. The number of esters is 1. The van der Waals surface area contributed by atoms with Crippen LogP contribution >= 0.6 is 0 Å². The van der Waals surface area contributed by atoms with Gasteiger partial charge in [-0.1, -0.05) is 44.2 Å². The molecule has 152 valence electrons. The highest BCUT2D eigenvalue weighted by Crippen LogP contribution is 2.18. The summed E-state index contributed by atoms with van der Waals surface area (Å²) in [5.74, 6) is -1.14. The van der Waals surface area contributed by atoms with Crippen molar-refractivity contribution in [3.63, 3.8) is 0 Å². The van der Waals surface area contributed by atoms with Gasteiger partial charge in [0.25, 0.3) is 5.91 Å². The second-order valence-electron chi connectivity index (χ2n) is 6.09. The second kappa shape index (κ2) is 9.52. The molecule has 1 heterocycles. The molecule has 8 nitrogen and oxygen atoms in total. The largest absolute Gasteiger partial charge is 0.460 e. The van der Waals surface area contributed by atoms with Gasteiger partial charge >= 0.3 is 5.97 Å². The van der Waals surface area contributed by atoms with Crippen molar-refractivity contribution in [2.24, 2.45) is 7.05 Å². The summed E-state index contributed by atoms with van der Waals surface area (Å²) < 4.78 is 33.0. The fraction of sp³-hybridized carbons (Fsp3) is 0.368. The highest BCUT2D eigenvalue weighted by atomic mass is 32.2. The van der Waals surface area contributed by atoms with Gasteiger partial charge in [0, 0.05) is 26.3 Å². The number of hydrogen-bond acceptors (Lipinski definition) is 5. The molecule has 28 heavy (non-hydrogen) atoms. The molecule has 0 fully saturated rings. The van der Waals surface area contributed by atoms with E-state index in [-0.39, 0.29) is 23.7 Å². The number of benzene rings is 1. The molecule has 1 N–H and O–H groups in total.